The fourth-order valence-corrected chi connectivity index (χ4v) is 9.49. The Labute approximate surface area is 283 Å². The summed E-state index contributed by atoms with van der Waals surface area (Å²) in [7, 11) is 0. The first-order valence-corrected chi connectivity index (χ1v) is 17.4. The highest BCUT2D eigenvalue weighted by Gasteiger charge is 2.26. The van der Waals surface area contributed by atoms with Crippen LogP contribution in [0.1, 0.15) is 0 Å². The normalized spacial score (nSPS) is 12.5. The van der Waals surface area contributed by atoms with Crippen LogP contribution in [0, 0.1) is 0 Å². The molecule has 5 heteroatoms. The van der Waals surface area contributed by atoms with E-state index in [0.717, 1.165) is 43.8 Å². The van der Waals surface area contributed by atoms with Gasteiger partial charge in [-0.15, -0.1) is 11.3 Å². The molecule has 0 amide bonds. The summed E-state index contributed by atoms with van der Waals surface area (Å²) in [6.07, 6.45) is 0. The Kier molecular flexibility index (Phi) is 4.83. The lowest BCUT2D eigenvalue weighted by molar-refractivity contribution is 1.08. The summed E-state index contributed by atoms with van der Waals surface area (Å²) in [6, 6.07) is 52.6. The van der Waals surface area contributed by atoms with Crippen LogP contribution in [0.15, 0.2) is 146 Å². The summed E-state index contributed by atoms with van der Waals surface area (Å²) in [5.74, 6) is 1.65. The maximum absolute atomic E-state index is 5.45. The number of fused-ring (bicyclic) bond motifs is 14. The molecule has 0 fully saturated rings. The van der Waals surface area contributed by atoms with Gasteiger partial charge in [0.15, 0.2) is 11.6 Å². The second-order valence-corrected chi connectivity index (χ2v) is 14.0. The molecule has 4 nitrogen and oxygen atoms in total. The van der Waals surface area contributed by atoms with Crippen molar-refractivity contribution in [3.05, 3.63) is 146 Å². The molecule has 0 spiro atoms. The van der Waals surface area contributed by atoms with Crippen molar-refractivity contribution in [2.45, 2.75) is 0 Å². The van der Waals surface area contributed by atoms with Gasteiger partial charge in [0.05, 0.1) is 37.8 Å². The zero-order chi connectivity index (χ0) is 31.8. The zero-order valence-electron chi connectivity index (χ0n) is 26.1. The summed E-state index contributed by atoms with van der Waals surface area (Å²) in [4.78, 5) is 10.7. The molecule has 0 radical (unpaired) electrons. The molecule has 0 N–H and O–H groups in total. The first-order valence-electron chi connectivity index (χ1n) is 16.6. The van der Waals surface area contributed by atoms with Crippen LogP contribution in [0.25, 0.3) is 108 Å². The topological polar surface area (TPSA) is 35.1 Å². The van der Waals surface area contributed by atoms with Gasteiger partial charge in [-0.3, -0.25) is 4.57 Å². The fourth-order valence-electron chi connectivity index (χ4n) is 8.37. The Morgan fingerprint density at radius 2 is 1.16 bits per heavy atom. The minimum atomic E-state index is 0.733. The van der Waals surface area contributed by atoms with Crippen molar-refractivity contribution in [2.24, 2.45) is 0 Å². The average molecular weight is 641 g/mol. The number of aromatic nitrogens is 4. The molecule has 0 saturated carbocycles. The molecule has 12 rings (SSSR count). The molecule has 5 aromatic heterocycles. The van der Waals surface area contributed by atoms with E-state index in [1.807, 2.05) is 6.07 Å². The average Bonchev–Trinajstić information content (AvgIpc) is 3.89. The molecule has 0 atom stereocenters. The lowest BCUT2D eigenvalue weighted by Gasteiger charge is -2.11. The first kappa shape index (κ1) is 25.7. The second-order valence-electron chi connectivity index (χ2n) is 13.0. The van der Waals surface area contributed by atoms with Crippen molar-refractivity contribution in [2.75, 3.05) is 0 Å². The standard InChI is InChI=1S/C44H24N4S/c1-2-12-25(13-3-1)43-45-40-30-18-8-11-21-37(30)49-42(40)44(46-43)48-34-20-10-7-17-29(34)38-36(48)24-31-28-16-6-9-19-33(28)47-35-23-27-15-5-4-14-26(27)22-32(35)39(38)41(31)47/h1-24H. The van der Waals surface area contributed by atoms with Crippen LogP contribution in [0.5, 0.6) is 0 Å². The van der Waals surface area contributed by atoms with Gasteiger partial charge in [0, 0.05) is 48.0 Å². The Bertz CT molecular complexity index is 3330. The van der Waals surface area contributed by atoms with Crippen molar-refractivity contribution in [3.8, 4) is 17.2 Å². The van der Waals surface area contributed by atoms with Gasteiger partial charge in [-0.2, -0.15) is 0 Å². The van der Waals surface area contributed by atoms with Gasteiger partial charge in [0.1, 0.15) is 0 Å². The van der Waals surface area contributed by atoms with Gasteiger partial charge in [-0.05, 0) is 47.2 Å². The van der Waals surface area contributed by atoms with E-state index in [2.05, 4.69) is 148 Å². The van der Waals surface area contributed by atoms with E-state index in [4.69, 9.17) is 9.97 Å². The van der Waals surface area contributed by atoms with Crippen molar-refractivity contribution in [1.82, 2.24) is 18.9 Å². The monoisotopic (exact) mass is 640 g/mol. The van der Waals surface area contributed by atoms with E-state index in [9.17, 15) is 0 Å². The van der Waals surface area contributed by atoms with E-state index >= 15 is 0 Å². The molecule has 0 aliphatic heterocycles. The summed E-state index contributed by atoms with van der Waals surface area (Å²) in [6.45, 7) is 0. The van der Waals surface area contributed by atoms with E-state index in [-0.39, 0.29) is 0 Å². The lowest BCUT2D eigenvalue weighted by atomic mass is 10.0. The van der Waals surface area contributed by atoms with Crippen molar-refractivity contribution in [3.63, 3.8) is 0 Å². The Balaban J connectivity index is 1.34. The number of rotatable bonds is 2. The van der Waals surface area contributed by atoms with Crippen LogP contribution < -0.4 is 0 Å². The van der Waals surface area contributed by atoms with Crippen LogP contribution >= 0.6 is 11.3 Å². The highest BCUT2D eigenvalue weighted by Crippen LogP contribution is 2.48. The van der Waals surface area contributed by atoms with Gasteiger partial charge >= 0.3 is 0 Å². The molecular formula is C44H24N4S. The predicted molar refractivity (Wildman–Crippen MR) is 207 cm³/mol. The van der Waals surface area contributed by atoms with Gasteiger partial charge in [0.25, 0.3) is 0 Å². The third-order valence-corrected chi connectivity index (χ3v) is 11.6. The predicted octanol–water partition coefficient (Wildman–Crippen LogP) is 11.9. The van der Waals surface area contributed by atoms with Crippen molar-refractivity contribution < 1.29 is 0 Å². The zero-order valence-corrected chi connectivity index (χ0v) is 26.9. The van der Waals surface area contributed by atoms with Gasteiger partial charge in [-0.25, -0.2) is 9.97 Å². The van der Waals surface area contributed by atoms with Crippen molar-refractivity contribution >= 4 is 102 Å². The third kappa shape index (κ3) is 3.27. The Hall–Kier alpha value is -6.30. The smallest absolute Gasteiger partial charge is 0.162 e. The molecule has 0 unspecified atom stereocenters. The summed E-state index contributed by atoms with van der Waals surface area (Å²) >= 11 is 1.78. The van der Waals surface area contributed by atoms with Gasteiger partial charge < -0.3 is 4.40 Å². The van der Waals surface area contributed by atoms with E-state index in [1.165, 1.54) is 64.3 Å². The summed E-state index contributed by atoms with van der Waals surface area (Å²) in [5, 5.41) is 11.2. The summed E-state index contributed by atoms with van der Waals surface area (Å²) in [5.41, 5.74) is 8.05. The number of hydrogen-bond acceptors (Lipinski definition) is 3. The molecule has 0 aliphatic rings. The largest absolute Gasteiger partial charge is 0.308 e. The van der Waals surface area contributed by atoms with Crippen LogP contribution in [0.2, 0.25) is 0 Å². The third-order valence-electron chi connectivity index (χ3n) is 10.4. The highest BCUT2D eigenvalue weighted by molar-refractivity contribution is 7.26. The molecule has 0 bridgehead atoms. The van der Waals surface area contributed by atoms with Crippen LogP contribution in [-0.2, 0) is 0 Å². The van der Waals surface area contributed by atoms with Gasteiger partial charge in [-0.1, -0.05) is 109 Å². The Morgan fingerprint density at radius 3 is 2.02 bits per heavy atom. The van der Waals surface area contributed by atoms with E-state index < -0.39 is 0 Å². The minimum Gasteiger partial charge on any atom is -0.308 e. The van der Waals surface area contributed by atoms with Crippen LogP contribution in [0.4, 0.5) is 0 Å². The fraction of sp³-hybridized carbons (Fsp3) is 0. The molecule has 0 saturated heterocycles. The maximum atomic E-state index is 5.45. The molecule has 7 aromatic carbocycles. The second kappa shape index (κ2) is 9.19. The maximum Gasteiger partial charge on any atom is 0.162 e. The molecule has 0 aliphatic carbocycles. The lowest BCUT2D eigenvalue weighted by Crippen LogP contribution is -2.01. The van der Waals surface area contributed by atoms with E-state index in [0.29, 0.717) is 0 Å². The van der Waals surface area contributed by atoms with Crippen molar-refractivity contribution in [1.29, 1.82) is 0 Å². The number of nitrogens with zero attached hydrogens (tertiary/aromatic N) is 4. The SMILES string of the molecule is c1ccc(-c2nc(-n3c4ccccc4c4c5c6cc7ccccc7cc6n6c7ccccc7c(cc43)c56)c3sc4ccccc4c3n2)cc1. The quantitative estimate of drug-likeness (QED) is 0.188. The number of hydrogen-bond donors (Lipinski definition) is 0. The minimum absolute atomic E-state index is 0.733. The molecule has 5 heterocycles. The van der Waals surface area contributed by atoms with Gasteiger partial charge in [0.2, 0.25) is 0 Å². The Morgan fingerprint density at radius 1 is 0.469 bits per heavy atom. The number of benzene rings is 7. The number of thiophene rings is 1. The molecule has 12 aromatic rings. The van der Waals surface area contributed by atoms with Crippen LogP contribution in [0.3, 0.4) is 0 Å². The first-order chi connectivity index (χ1) is 24.3. The van der Waals surface area contributed by atoms with Crippen LogP contribution in [-0.4, -0.2) is 18.9 Å². The molecular weight excluding hydrogens is 617 g/mol. The number of para-hydroxylation sites is 2. The molecule has 226 valence electrons. The van der Waals surface area contributed by atoms with E-state index in [1.54, 1.807) is 11.3 Å². The molecule has 49 heavy (non-hydrogen) atoms. The summed E-state index contributed by atoms with van der Waals surface area (Å²) < 4.78 is 7.21. The highest BCUT2D eigenvalue weighted by atomic mass is 32.1.